The molecule has 0 bridgehead atoms. The number of hydrogen-bond acceptors (Lipinski definition) is 3. The Kier molecular flexibility index (Phi) is 4.29. The van der Waals surface area contributed by atoms with Gasteiger partial charge in [0, 0.05) is 10.2 Å². The molecule has 0 aliphatic carbocycles. The summed E-state index contributed by atoms with van der Waals surface area (Å²) in [5.74, 6) is 0.362. The minimum absolute atomic E-state index is 0.0758. The van der Waals surface area contributed by atoms with Gasteiger partial charge in [0.15, 0.2) is 0 Å². The Morgan fingerprint density at radius 3 is 2.72 bits per heavy atom. The van der Waals surface area contributed by atoms with Gasteiger partial charge in [0.2, 0.25) is 5.91 Å². The Labute approximate surface area is 118 Å². The minimum atomic E-state index is -0.416. The maximum Gasteiger partial charge on any atom is 0.279 e. The molecule has 18 heavy (non-hydrogen) atoms. The van der Waals surface area contributed by atoms with Gasteiger partial charge in [-0.1, -0.05) is 39.8 Å². The van der Waals surface area contributed by atoms with Crippen molar-refractivity contribution in [1.29, 1.82) is 0 Å². The van der Waals surface area contributed by atoms with Gasteiger partial charge in [-0.15, -0.1) is 0 Å². The Balaban J connectivity index is 1.94. The highest BCUT2D eigenvalue weighted by Gasteiger charge is 2.28. The Morgan fingerprint density at radius 2 is 2.17 bits per heavy atom. The molecular weight excluding hydrogens is 316 g/mol. The Bertz CT molecular complexity index is 464. The fraction of sp³-hybridized carbons (Fsp3) is 0.333. The SMILES string of the molecule is C[C@H](NC(=O)C1CSC(=O)N1)c1ccc(Br)cc1. The number of thioether (sulfide) groups is 1. The molecular formula is C12H13BrN2O2S. The van der Waals surface area contributed by atoms with Gasteiger partial charge < -0.3 is 10.6 Å². The fourth-order valence-electron chi connectivity index (χ4n) is 1.67. The van der Waals surface area contributed by atoms with Crippen molar-refractivity contribution in [3.63, 3.8) is 0 Å². The van der Waals surface area contributed by atoms with E-state index >= 15 is 0 Å². The van der Waals surface area contributed by atoms with Gasteiger partial charge in [0.25, 0.3) is 5.24 Å². The van der Waals surface area contributed by atoms with E-state index in [9.17, 15) is 9.59 Å². The number of nitrogens with one attached hydrogen (secondary N) is 2. The molecule has 2 amide bonds. The lowest BCUT2D eigenvalue weighted by molar-refractivity contribution is -0.122. The van der Waals surface area contributed by atoms with Crippen molar-refractivity contribution in [3.8, 4) is 0 Å². The predicted molar refractivity (Wildman–Crippen MR) is 75.5 cm³/mol. The molecule has 6 heteroatoms. The fourth-order valence-corrected chi connectivity index (χ4v) is 2.72. The number of carbonyl (C=O) groups is 2. The standard InChI is InChI=1S/C12H13BrN2O2S/c1-7(8-2-4-9(13)5-3-8)14-11(16)10-6-18-12(17)15-10/h2-5,7,10H,6H2,1H3,(H,14,16)(H,15,17)/t7-,10?/m0/s1. The molecule has 1 saturated heterocycles. The van der Waals surface area contributed by atoms with E-state index in [2.05, 4.69) is 26.6 Å². The number of amides is 2. The smallest absolute Gasteiger partial charge is 0.279 e. The van der Waals surface area contributed by atoms with Crippen LogP contribution >= 0.6 is 27.7 Å². The topological polar surface area (TPSA) is 58.2 Å². The molecule has 1 aromatic rings. The number of benzene rings is 1. The van der Waals surface area contributed by atoms with Crippen LogP contribution in [0.3, 0.4) is 0 Å². The first-order chi connectivity index (χ1) is 8.56. The van der Waals surface area contributed by atoms with Crippen LogP contribution in [0.2, 0.25) is 0 Å². The first-order valence-corrected chi connectivity index (χ1v) is 7.33. The number of hydrogen-bond donors (Lipinski definition) is 2. The van der Waals surface area contributed by atoms with Crippen molar-refractivity contribution in [2.75, 3.05) is 5.75 Å². The number of carbonyl (C=O) groups excluding carboxylic acids is 2. The third kappa shape index (κ3) is 3.26. The van der Waals surface area contributed by atoms with Gasteiger partial charge in [-0.3, -0.25) is 9.59 Å². The van der Waals surface area contributed by atoms with Gasteiger partial charge in [-0.05, 0) is 24.6 Å². The molecule has 2 rings (SSSR count). The largest absolute Gasteiger partial charge is 0.348 e. The van der Waals surface area contributed by atoms with Crippen LogP contribution < -0.4 is 10.6 Å². The van der Waals surface area contributed by atoms with Crippen molar-refractivity contribution >= 4 is 38.8 Å². The van der Waals surface area contributed by atoms with E-state index in [-0.39, 0.29) is 17.2 Å². The normalized spacial score (nSPS) is 20.3. The highest BCUT2D eigenvalue weighted by molar-refractivity contribution is 9.10. The van der Waals surface area contributed by atoms with Crippen LogP contribution in [-0.4, -0.2) is 22.9 Å². The molecule has 0 aromatic heterocycles. The predicted octanol–water partition coefficient (Wildman–Crippen LogP) is 2.45. The van der Waals surface area contributed by atoms with Crippen LogP contribution in [0.25, 0.3) is 0 Å². The lowest BCUT2D eigenvalue weighted by Gasteiger charge is -2.17. The van der Waals surface area contributed by atoms with Crippen molar-refractivity contribution in [1.82, 2.24) is 10.6 Å². The second-order valence-corrected chi connectivity index (χ2v) is 5.99. The molecule has 0 spiro atoms. The number of rotatable bonds is 3. The average molecular weight is 329 g/mol. The summed E-state index contributed by atoms with van der Waals surface area (Å²) in [6, 6.07) is 7.29. The molecule has 0 saturated carbocycles. The lowest BCUT2D eigenvalue weighted by Crippen LogP contribution is -2.43. The van der Waals surface area contributed by atoms with Crippen LogP contribution in [0.4, 0.5) is 4.79 Å². The second kappa shape index (κ2) is 5.75. The molecule has 1 heterocycles. The third-order valence-corrected chi connectivity index (χ3v) is 4.13. The number of halogens is 1. The molecule has 4 nitrogen and oxygen atoms in total. The summed E-state index contributed by atoms with van der Waals surface area (Å²) in [7, 11) is 0. The third-order valence-electron chi connectivity index (χ3n) is 2.72. The average Bonchev–Trinajstić information content (AvgIpc) is 2.76. The summed E-state index contributed by atoms with van der Waals surface area (Å²) in [5.41, 5.74) is 1.03. The van der Waals surface area contributed by atoms with Crippen LogP contribution in [0.5, 0.6) is 0 Å². The quantitative estimate of drug-likeness (QED) is 0.896. The Morgan fingerprint density at radius 1 is 1.50 bits per heavy atom. The van der Waals surface area contributed by atoms with E-state index in [0.29, 0.717) is 5.75 Å². The van der Waals surface area contributed by atoms with Gasteiger partial charge in [0.1, 0.15) is 6.04 Å². The van der Waals surface area contributed by atoms with E-state index in [1.54, 1.807) is 0 Å². The second-order valence-electron chi connectivity index (χ2n) is 4.08. The van der Waals surface area contributed by atoms with E-state index in [1.807, 2.05) is 31.2 Å². The van der Waals surface area contributed by atoms with Crippen LogP contribution in [0, 0.1) is 0 Å². The molecule has 2 atom stereocenters. The first-order valence-electron chi connectivity index (χ1n) is 5.55. The summed E-state index contributed by atoms with van der Waals surface area (Å²) in [6.07, 6.45) is 0. The van der Waals surface area contributed by atoms with Crippen molar-refractivity contribution < 1.29 is 9.59 Å². The molecule has 1 aliphatic heterocycles. The minimum Gasteiger partial charge on any atom is -0.348 e. The van der Waals surface area contributed by atoms with Crippen LogP contribution in [0.15, 0.2) is 28.7 Å². The molecule has 1 aliphatic rings. The first kappa shape index (κ1) is 13.4. The highest BCUT2D eigenvalue weighted by atomic mass is 79.9. The Hall–Kier alpha value is -1.01. The molecule has 0 radical (unpaired) electrons. The van der Waals surface area contributed by atoms with E-state index in [1.165, 1.54) is 0 Å². The van der Waals surface area contributed by atoms with Crippen molar-refractivity contribution in [2.24, 2.45) is 0 Å². The summed E-state index contributed by atoms with van der Waals surface area (Å²) in [6.45, 7) is 1.92. The zero-order valence-electron chi connectivity index (χ0n) is 9.77. The summed E-state index contributed by atoms with van der Waals surface area (Å²) < 4.78 is 1.00. The van der Waals surface area contributed by atoms with Gasteiger partial charge in [-0.2, -0.15) is 0 Å². The van der Waals surface area contributed by atoms with Crippen LogP contribution in [0.1, 0.15) is 18.5 Å². The maximum absolute atomic E-state index is 11.9. The monoisotopic (exact) mass is 328 g/mol. The molecule has 96 valence electrons. The molecule has 1 fully saturated rings. The zero-order chi connectivity index (χ0) is 13.1. The van der Waals surface area contributed by atoms with Crippen molar-refractivity contribution in [3.05, 3.63) is 34.3 Å². The highest BCUT2D eigenvalue weighted by Crippen LogP contribution is 2.18. The van der Waals surface area contributed by atoms with Gasteiger partial charge in [-0.25, -0.2) is 0 Å². The molecule has 1 aromatic carbocycles. The van der Waals surface area contributed by atoms with Gasteiger partial charge in [0.05, 0.1) is 6.04 Å². The summed E-state index contributed by atoms with van der Waals surface area (Å²) in [4.78, 5) is 22.9. The molecule has 1 unspecified atom stereocenters. The summed E-state index contributed by atoms with van der Waals surface area (Å²) in [5, 5.41) is 5.39. The maximum atomic E-state index is 11.9. The van der Waals surface area contributed by atoms with E-state index < -0.39 is 6.04 Å². The van der Waals surface area contributed by atoms with Crippen molar-refractivity contribution in [2.45, 2.75) is 19.0 Å². The van der Waals surface area contributed by atoms with E-state index in [4.69, 9.17) is 0 Å². The van der Waals surface area contributed by atoms with E-state index in [0.717, 1.165) is 21.8 Å². The summed E-state index contributed by atoms with van der Waals surface area (Å²) >= 11 is 4.51. The molecule has 2 N–H and O–H groups in total. The zero-order valence-corrected chi connectivity index (χ0v) is 12.2. The van der Waals surface area contributed by atoms with Gasteiger partial charge >= 0.3 is 0 Å². The van der Waals surface area contributed by atoms with Crippen LogP contribution in [-0.2, 0) is 4.79 Å². The lowest BCUT2D eigenvalue weighted by atomic mass is 10.1.